The summed E-state index contributed by atoms with van der Waals surface area (Å²) in [6, 6.07) is 24.1. The first-order valence-electron chi connectivity index (χ1n) is 12.1. The molecule has 0 saturated carbocycles. The number of hydrogen-bond acceptors (Lipinski definition) is 5. The van der Waals surface area contributed by atoms with Gasteiger partial charge in [0.15, 0.2) is 0 Å². The zero-order valence-electron chi connectivity index (χ0n) is 20.6. The number of para-hydroxylation sites is 1. The Labute approximate surface area is 210 Å². The first kappa shape index (κ1) is 23.6. The minimum Gasteiger partial charge on any atom is -0.477 e. The van der Waals surface area contributed by atoms with Gasteiger partial charge < -0.3 is 24.4 Å². The van der Waals surface area contributed by atoms with Gasteiger partial charge in [0.2, 0.25) is 5.43 Å². The lowest BCUT2D eigenvalue weighted by atomic mass is 10.1. The molecular weight excluding hydrogens is 452 g/mol. The number of pyridine rings is 1. The summed E-state index contributed by atoms with van der Waals surface area (Å²) in [6.45, 7) is 4.33. The van der Waals surface area contributed by atoms with E-state index < -0.39 is 11.4 Å². The lowest BCUT2D eigenvalue weighted by Crippen LogP contribution is -2.46. The topological polar surface area (TPSA) is 69.0 Å². The maximum Gasteiger partial charge on any atom is 0.341 e. The quantitative estimate of drug-likeness (QED) is 0.447. The molecule has 2 heterocycles. The van der Waals surface area contributed by atoms with Crippen LogP contribution in [0.4, 0.5) is 11.4 Å². The van der Waals surface area contributed by atoms with Gasteiger partial charge >= 0.3 is 5.97 Å². The number of carboxylic acids is 1. The van der Waals surface area contributed by atoms with E-state index in [1.54, 1.807) is 6.07 Å². The van der Waals surface area contributed by atoms with Crippen LogP contribution in [0.2, 0.25) is 0 Å². The molecule has 1 aliphatic rings. The lowest BCUT2D eigenvalue weighted by Gasteiger charge is -2.37. The molecule has 5 rings (SSSR count). The summed E-state index contributed by atoms with van der Waals surface area (Å²) < 4.78 is 1.82. The predicted octanol–water partition coefficient (Wildman–Crippen LogP) is 4.08. The Balaban J connectivity index is 1.51. The molecule has 7 nitrogen and oxygen atoms in total. The Morgan fingerprint density at radius 2 is 1.44 bits per heavy atom. The first-order valence-corrected chi connectivity index (χ1v) is 12.1. The summed E-state index contributed by atoms with van der Waals surface area (Å²) in [5.74, 6) is -1.22. The molecule has 3 aromatic carbocycles. The van der Waals surface area contributed by atoms with Gasteiger partial charge in [-0.3, -0.25) is 4.79 Å². The number of aromatic nitrogens is 1. The minimum absolute atomic E-state index is 0.232. The van der Waals surface area contributed by atoms with Gasteiger partial charge in [0.05, 0.1) is 5.52 Å². The first-order chi connectivity index (χ1) is 17.4. The highest BCUT2D eigenvalue weighted by Crippen LogP contribution is 2.26. The van der Waals surface area contributed by atoms with Crippen LogP contribution < -0.4 is 15.2 Å². The van der Waals surface area contributed by atoms with Gasteiger partial charge in [-0.2, -0.15) is 0 Å². The van der Waals surface area contributed by atoms with Crippen LogP contribution in [-0.2, 0) is 6.54 Å². The highest BCUT2D eigenvalue weighted by atomic mass is 16.4. The van der Waals surface area contributed by atoms with Crippen molar-refractivity contribution >= 4 is 28.2 Å². The number of rotatable bonds is 6. The van der Waals surface area contributed by atoms with Gasteiger partial charge in [-0.1, -0.05) is 30.3 Å². The van der Waals surface area contributed by atoms with Gasteiger partial charge in [0.25, 0.3) is 0 Å². The van der Waals surface area contributed by atoms with Gasteiger partial charge in [0.1, 0.15) is 5.56 Å². The van der Waals surface area contributed by atoms with Crippen molar-refractivity contribution in [1.29, 1.82) is 0 Å². The van der Waals surface area contributed by atoms with Crippen molar-refractivity contribution in [3.8, 4) is 5.69 Å². The molecule has 7 heteroatoms. The lowest BCUT2D eigenvalue weighted by molar-refractivity contribution is 0.0695. The van der Waals surface area contributed by atoms with E-state index in [9.17, 15) is 14.7 Å². The summed E-state index contributed by atoms with van der Waals surface area (Å²) in [5.41, 5.74) is 4.23. The van der Waals surface area contributed by atoms with Crippen LogP contribution in [0.5, 0.6) is 0 Å². The highest BCUT2D eigenvalue weighted by molar-refractivity contribution is 5.94. The third-order valence-corrected chi connectivity index (χ3v) is 6.70. The minimum atomic E-state index is -1.22. The smallest absolute Gasteiger partial charge is 0.341 e. The molecule has 0 radical (unpaired) electrons. The van der Waals surface area contributed by atoms with Crippen molar-refractivity contribution in [3.05, 3.63) is 100 Å². The van der Waals surface area contributed by atoms with Crippen LogP contribution in [0.25, 0.3) is 16.6 Å². The second kappa shape index (κ2) is 9.87. The molecule has 0 unspecified atom stereocenters. The molecule has 0 bridgehead atoms. The normalized spacial score (nSPS) is 14.0. The summed E-state index contributed by atoms with van der Waals surface area (Å²) in [6.07, 6.45) is 1.45. The fraction of sp³-hybridized carbons (Fsp3) is 0.241. The van der Waals surface area contributed by atoms with Crippen molar-refractivity contribution in [2.75, 3.05) is 50.1 Å². The molecule has 4 aromatic rings. The maximum absolute atomic E-state index is 13.0. The van der Waals surface area contributed by atoms with Gasteiger partial charge in [-0.15, -0.1) is 0 Å². The fourth-order valence-electron chi connectivity index (χ4n) is 4.87. The van der Waals surface area contributed by atoms with Crippen molar-refractivity contribution in [2.24, 2.45) is 0 Å². The van der Waals surface area contributed by atoms with Crippen molar-refractivity contribution in [1.82, 2.24) is 9.47 Å². The number of piperazine rings is 1. The van der Waals surface area contributed by atoms with E-state index in [1.807, 2.05) is 61.1 Å². The summed E-state index contributed by atoms with van der Waals surface area (Å²) in [5, 5.41) is 10.1. The van der Waals surface area contributed by atoms with E-state index in [4.69, 9.17) is 0 Å². The van der Waals surface area contributed by atoms with E-state index in [1.165, 1.54) is 11.9 Å². The maximum atomic E-state index is 13.0. The average Bonchev–Trinajstić information content (AvgIpc) is 2.89. The highest BCUT2D eigenvalue weighted by Gasteiger charge is 2.20. The Bertz CT molecular complexity index is 1440. The average molecular weight is 483 g/mol. The van der Waals surface area contributed by atoms with E-state index in [0.29, 0.717) is 10.9 Å². The molecule has 184 valence electrons. The Kier molecular flexibility index (Phi) is 6.48. The molecule has 0 amide bonds. The monoisotopic (exact) mass is 482 g/mol. The number of carboxylic acid groups (broad SMARTS) is 1. The summed E-state index contributed by atoms with van der Waals surface area (Å²) >= 11 is 0. The largest absolute Gasteiger partial charge is 0.477 e. The number of aromatic carboxylic acids is 1. The van der Waals surface area contributed by atoms with Crippen LogP contribution in [0.3, 0.4) is 0 Å². The molecule has 0 atom stereocenters. The van der Waals surface area contributed by atoms with Gasteiger partial charge in [0, 0.05) is 61.4 Å². The molecule has 0 spiro atoms. The molecule has 36 heavy (non-hydrogen) atoms. The van der Waals surface area contributed by atoms with Crippen molar-refractivity contribution < 1.29 is 9.90 Å². The third-order valence-electron chi connectivity index (χ3n) is 6.70. The SMILES string of the molecule is CN(C)Cc1ccc(-n2cc(C(=O)O)c(=O)c3ccc(N4CCN(c5ccccc5)CC4)cc32)cc1. The number of nitrogens with zero attached hydrogens (tertiary/aromatic N) is 4. The molecule has 1 fully saturated rings. The van der Waals surface area contributed by atoms with Crippen LogP contribution >= 0.6 is 0 Å². The number of benzene rings is 3. The standard InChI is InChI=1S/C29H30N4O3/c1-30(2)19-21-8-10-23(11-9-21)33-20-26(29(35)36)28(34)25-13-12-24(18-27(25)33)32-16-14-31(15-17-32)22-6-4-3-5-7-22/h3-13,18,20H,14-17,19H2,1-2H3,(H,35,36). The van der Waals surface area contributed by atoms with E-state index in [0.717, 1.165) is 49.7 Å². The summed E-state index contributed by atoms with van der Waals surface area (Å²) in [7, 11) is 4.03. The molecule has 0 aliphatic carbocycles. The molecule has 1 N–H and O–H groups in total. The van der Waals surface area contributed by atoms with Crippen molar-refractivity contribution in [2.45, 2.75) is 6.54 Å². The Morgan fingerprint density at radius 1 is 0.833 bits per heavy atom. The van der Waals surface area contributed by atoms with E-state index in [2.05, 4.69) is 39.0 Å². The zero-order chi connectivity index (χ0) is 25.2. The van der Waals surface area contributed by atoms with Gasteiger partial charge in [-0.25, -0.2) is 4.79 Å². The zero-order valence-corrected chi connectivity index (χ0v) is 20.6. The van der Waals surface area contributed by atoms with Gasteiger partial charge in [-0.05, 0) is 62.1 Å². The third kappa shape index (κ3) is 4.70. The molecule has 1 aliphatic heterocycles. The number of fused-ring (bicyclic) bond motifs is 1. The molecule has 1 saturated heterocycles. The second-order valence-corrected chi connectivity index (χ2v) is 9.46. The predicted molar refractivity (Wildman–Crippen MR) is 145 cm³/mol. The van der Waals surface area contributed by atoms with E-state index in [-0.39, 0.29) is 5.56 Å². The van der Waals surface area contributed by atoms with Crippen molar-refractivity contribution in [3.63, 3.8) is 0 Å². The summed E-state index contributed by atoms with van der Waals surface area (Å²) in [4.78, 5) is 31.6. The number of hydrogen-bond donors (Lipinski definition) is 1. The van der Waals surface area contributed by atoms with E-state index >= 15 is 0 Å². The Morgan fingerprint density at radius 3 is 2.06 bits per heavy atom. The second-order valence-electron chi connectivity index (χ2n) is 9.46. The van der Waals surface area contributed by atoms with Crippen LogP contribution in [-0.4, -0.2) is 60.8 Å². The number of anilines is 2. The number of carbonyl (C=O) groups is 1. The van der Waals surface area contributed by atoms with Crippen LogP contribution in [0.15, 0.2) is 83.8 Å². The fourth-order valence-corrected chi connectivity index (χ4v) is 4.87. The molecular formula is C29H30N4O3. The Hall–Kier alpha value is -4.10. The van der Waals surface area contributed by atoms with Crippen LogP contribution in [0, 0.1) is 0 Å². The van der Waals surface area contributed by atoms with Crippen LogP contribution in [0.1, 0.15) is 15.9 Å². The molecule has 1 aromatic heterocycles.